The molecule has 2 rings (SSSR count). The first-order valence-electron chi connectivity index (χ1n) is 5.98. The van der Waals surface area contributed by atoms with Gasteiger partial charge in [0.1, 0.15) is 11.9 Å². The quantitative estimate of drug-likeness (QED) is 0.705. The van der Waals surface area contributed by atoms with Crippen molar-refractivity contribution in [3.8, 4) is 0 Å². The van der Waals surface area contributed by atoms with Crippen LogP contribution in [0.5, 0.6) is 0 Å². The van der Waals surface area contributed by atoms with Gasteiger partial charge in [0.15, 0.2) is 0 Å². The smallest absolute Gasteiger partial charge is 0.239 e. The largest absolute Gasteiger partial charge is 0.394 e. The van der Waals surface area contributed by atoms with Crippen molar-refractivity contribution in [1.82, 2.24) is 5.32 Å². The molecule has 0 heterocycles. The van der Waals surface area contributed by atoms with Gasteiger partial charge in [0, 0.05) is 12.0 Å². The van der Waals surface area contributed by atoms with Gasteiger partial charge in [-0.1, -0.05) is 12.1 Å². The molecule has 0 spiro atoms. The zero-order valence-corrected chi connectivity index (χ0v) is 10.0. The molecule has 1 fully saturated rings. The van der Waals surface area contributed by atoms with E-state index in [0.717, 1.165) is 18.4 Å². The molecule has 98 valence electrons. The predicted molar refractivity (Wildman–Crippen MR) is 65.4 cm³/mol. The molecule has 1 aromatic carbocycles. The second kappa shape index (κ2) is 5.04. The summed E-state index contributed by atoms with van der Waals surface area (Å²) < 4.78 is 12.8. The van der Waals surface area contributed by atoms with Gasteiger partial charge in [-0.25, -0.2) is 4.39 Å². The highest BCUT2D eigenvalue weighted by atomic mass is 19.1. The Morgan fingerprint density at radius 3 is 2.56 bits per heavy atom. The van der Waals surface area contributed by atoms with Crippen LogP contribution >= 0.6 is 0 Å². The molecular formula is C13H17FN2O2. The Labute approximate surface area is 105 Å². The highest BCUT2D eigenvalue weighted by Crippen LogP contribution is 2.47. The Balaban J connectivity index is 1.96. The summed E-state index contributed by atoms with van der Waals surface area (Å²) in [4.78, 5) is 11.5. The highest BCUT2D eigenvalue weighted by molar-refractivity contribution is 5.81. The van der Waals surface area contributed by atoms with Crippen LogP contribution in [-0.2, 0) is 10.2 Å². The van der Waals surface area contributed by atoms with Gasteiger partial charge in [-0.3, -0.25) is 4.79 Å². The molecule has 1 aliphatic carbocycles. The first-order valence-corrected chi connectivity index (χ1v) is 5.98. The summed E-state index contributed by atoms with van der Waals surface area (Å²) in [5, 5.41) is 11.5. The molecule has 0 aliphatic heterocycles. The van der Waals surface area contributed by atoms with Gasteiger partial charge in [-0.15, -0.1) is 0 Å². The lowest BCUT2D eigenvalue weighted by Crippen LogP contribution is -2.45. The molecular weight excluding hydrogens is 235 g/mol. The van der Waals surface area contributed by atoms with Gasteiger partial charge in [0.2, 0.25) is 5.91 Å². The van der Waals surface area contributed by atoms with Crippen molar-refractivity contribution in [3.63, 3.8) is 0 Å². The predicted octanol–water partition coefficient (Wildman–Crippen LogP) is 0.293. The van der Waals surface area contributed by atoms with E-state index in [4.69, 9.17) is 10.8 Å². The number of halogens is 1. The minimum Gasteiger partial charge on any atom is -0.394 e. The number of hydrogen-bond donors (Lipinski definition) is 3. The zero-order chi connectivity index (χ0) is 13.2. The molecule has 0 saturated heterocycles. The van der Waals surface area contributed by atoms with Crippen molar-refractivity contribution in [1.29, 1.82) is 0 Å². The van der Waals surface area contributed by atoms with Crippen molar-refractivity contribution < 1.29 is 14.3 Å². The van der Waals surface area contributed by atoms with Gasteiger partial charge >= 0.3 is 0 Å². The van der Waals surface area contributed by atoms with Crippen molar-refractivity contribution in [2.45, 2.75) is 24.3 Å². The fourth-order valence-corrected chi connectivity index (χ4v) is 1.99. The van der Waals surface area contributed by atoms with Crippen LogP contribution in [-0.4, -0.2) is 30.2 Å². The Bertz CT molecular complexity index is 429. The third kappa shape index (κ3) is 2.68. The maximum atomic E-state index is 12.8. The average molecular weight is 252 g/mol. The fraction of sp³-hybridized carbons (Fsp3) is 0.462. The topological polar surface area (TPSA) is 75.3 Å². The second-order valence-corrected chi connectivity index (χ2v) is 4.79. The van der Waals surface area contributed by atoms with Gasteiger partial charge in [0.05, 0.1) is 6.61 Å². The number of hydrogen-bond acceptors (Lipinski definition) is 3. The summed E-state index contributed by atoms with van der Waals surface area (Å²) in [5.74, 6) is -0.619. The number of carbonyl (C=O) groups is 1. The van der Waals surface area contributed by atoms with E-state index < -0.39 is 6.04 Å². The van der Waals surface area contributed by atoms with Crippen LogP contribution in [0.1, 0.15) is 18.4 Å². The molecule has 1 atom stereocenters. The molecule has 1 unspecified atom stereocenters. The number of aliphatic hydroxyl groups excluding tert-OH is 1. The van der Waals surface area contributed by atoms with E-state index in [2.05, 4.69) is 5.32 Å². The minimum atomic E-state index is -0.881. The summed E-state index contributed by atoms with van der Waals surface area (Å²) in [6.07, 6.45) is 1.93. The molecule has 1 saturated carbocycles. The van der Waals surface area contributed by atoms with Crippen molar-refractivity contribution in [3.05, 3.63) is 35.6 Å². The molecule has 0 bridgehead atoms. The van der Waals surface area contributed by atoms with Crippen LogP contribution in [0.15, 0.2) is 24.3 Å². The maximum absolute atomic E-state index is 12.8. The standard InChI is InChI=1S/C13H17FN2O2/c14-10-3-1-9(2-4-10)13(5-6-13)8-16-12(18)11(15)7-17/h1-4,11,17H,5-8,15H2,(H,16,18). The first-order chi connectivity index (χ1) is 8.57. The molecule has 0 radical (unpaired) electrons. The van der Waals surface area contributed by atoms with Crippen LogP contribution < -0.4 is 11.1 Å². The lowest BCUT2D eigenvalue weighted by Gasteiger charge is -2.18. The molecule has 1 aromatic rings. The van der Waals surface area contributed by atoms with E-state index >= 15 is 0 Å². The third-order valence-corrected chi connectivity index (χ3v) is 3.44. The zero-order valence-electron chi connectivity index (χ0n) is 10.0. The number of nitrogens with two attached hydrogens (primary N) is 1. The summed E-state index contributed by atoms with van der Waals surface area (Å²) in [5.41, 5.74) is 6.36. The maximum Gasteiger partial charge on any atom is 0.239 e. The van der Waals surface area contributed by atoms with Crippen LogP contribution in [0.2, 0.25) is 0 Å². The van der Waals surface area contributed by atoms with Crippen LogP contribution in [0.25, 0.3) is 0 Å². The molecule has 1 amide bonds. The lowest BCUT2D eigenvalue weighted by atomic mass is 9.96. The van der Waals surface area contributed by atoms with E-state index in [9.17, 15) is 9.18 Å². The van der Waals surface area contributed by atoms with E-state index in [0.29, 0.717) is 6.54 Å². The Kier molecular flexibility index (Phi) is 3.63. The summed E-state index contributed by atoms with van der Waals surface area (Å²) >= 11 is 0. The Hall–Kier alpha value is -1.46. The van der Waals surface area contributed by atoms with Gasteiger partial charge in [-0.2, -0.15) is 0 Å². The Morgan fingerprint density at radius 1 is 1.44 bits per heavy atom. The van der Waals surface area contributed by atoms with Crippen LogP contribution in [0.3, 0.4) is 0 Å². The van der Waals surface area contributed by atoms with E-state index in [-0.39, 0.29) is 23.7 Å². The third-order valence-electron chi connectivity index (χ3n) is 3.44. The normalized spacial score (nSPS) is 18.2. The van der Waals surface area contributed by atoms with Crippen molar-refractivity contribution in [2.24, 2.45) is 5.73 Å². The van der Waals surface area contributed by atoms with Gasteiger partial charge < -0.3 is 16.2 Å². The van der Waals surface area contributed by atoms with Crippen LogP contribution in [0.4, 0.5) is 4.39 Å². The van der Waals surface area contributed by atoms with Gasteiger partial charge in [0.25, 0.3) is 0 Å². The fourth-order valence-electron chi connectivity index (χ4n) is 1.99. The lowest BCUT2D eigenvalue weighted by molar-refractivity contribution is -0.123. The van der Waals surface area contributed by atoms with E-state index in [1.807, 2.05) is 0 Å². The molecule has 18 heavy (non-hydrogen) atoms. The number of benzene rings is 1. The summed E-state index contributed by atoms with van der Waals surface area (Å²) in [6.45, 7) is 0.112. The van der Waals surface area contributed by atoms with Crippen LogP contribution in [0, 0.1) is 5.82 Å². The average Bonchev–Trinajstić information content (AvgIpc) is 3.17. The monoisotopic (exact) mass is 252 g/mol. The van der Waals surface area contributed by atoms with Crippen molar-refractivity contribution >= 4 is 5.91 Å². The number of aliphatic hydroxyl groups is 1. The highest BCUT2D eigenvalue weighted by Gasteiger charge is 2.44. The number of nitrogens with one attached hydrogen (secondary N) is 1. The minimum absolute atomic E-state index is 0.0848. The number of rotatable bonds is 5. The Morgan fingerprint density at radius 2 is 2.06 bits per heavy atom. The van der Waals surface area contributed by atoms with Gasteiger partial charge in [-0.05, 0) is 30.5 Å². The van der Waals surface area contributed by atoms with E-state index in [1.54, 1.807) is 12.1 Å². The number of carbonyl (C=O) groups excluding carboxylic acids is 1. The molecule has 5 heteroatoms. The molecule has 1 aliphatic rings. The molecule has 4 nitrogen and oxygen atoms in total. The van der Waals surface area contributed by atoms with E-state index in [1.165, 1.54) is 12.1 Å². The SMILES string of the molecule is NC(CO)C(=O)NCC1(c2ccc(F)cc2)CC1. The molecule has 4 N–H and O–H groups in total. The summed E-state index contributed by atoms with van der Waals surface area (Å²) in [7, 11) is 0. The van der Waals surface area contributed by atoms with Crippen molar-refractivity contribution in [2.75, 3.05) is 13.2 Å². The molecule has 0 aromatic heterocycles. The first kappa shape index (κ1) is 13.0. The summed E-state index contributed by atoms with van der Waals surface area (Å²) in [6, 6.07) is 5.47. The number of amides is 1. The second-order valence-electron chi connectivity index (χ2n) is 4.79.